The number of amides is 1. The molecule has 2 rings (SSSR count). The molecule has 1 saturated heterocycles. The largest absolute Gasteiger partial charge is 0.494 e. The number of hydrogen-bond acceptors (Lipinski definition) is 4. The average molecular weight is 277 g/mol. The minimum Gasteiger partial charge on any atom is -0.494 e. The van der Waals surface area contributed by atoms with Crippen molar-refractivity contribution in [2.45, 2.75) is 13.0 Å². The summed E-state index contributed by atoms with van der Waals surface area (Å²) in [7, 11) is 1.61. The van der Waals surface area contributed by atoms with Crippen LogP contribution in [-0.2, 0) is 9.53 Å². The maximum absolute atomic E-state index is 12.0. The highest BCUT2D eigenvalue weighted by Gasteiger charge is 2.29. The molecule has 108 valence electrons. The van der Waals surface area contributed by atoms with Gasteiger partial charge >= 0.3 is 0 Å². The second kappa shape index (κ2) is 6.91. The van der Waals surface area contributed by atoms with E-state index in [-0.39, 0.29) is 5.91 Å². The van der Waals surface area contributed by atoms with E-state index in [1.807, 2.05) is 31.2 Å². The fourth-order valence-electron chi connectivity index (χ4n) is 1.95. The van der Waals surface area contributed by atoms with E-state index in [4.69, 9.17) is 9.47 Å². The molecule has 1 heterocycles. The number of carbonyl (C=O) groups excluding carboxylic acids is 1. The van der Waals surface area contributed by atoms with Crippen LogP contribution in [0.15, 0.2) is 29.3 Å². The van der Waals surface area contributed by atoms with Gasteiger partial charge in [-0.2, -0.15) is 0 Å². The first-order valence-corrected chi connectivity index (χ1v) is 6.58. The molecule has 0 aromatic heterocycles. The van der Waals surface area contributed by atoms with Crippen molar-refractivity contribution in [3.63, 3.8) is 0 Å². The van der Waals surface area contributed by atoms with Gasteiger partial charge < -0.3 is 14.8 Å². The summed E-state index contributed by atoms with van der Waals surface area (Å²) in [5, 5.41) is 5.78. The van der Waals surface area contributed by atoms with E-state index >= 15 is 0 Å². The number of benzene rings is 1. The smallest absolute Gasteiger partial charge is 0.253 e. The quantitative estimate of drug-likeness (QED) is 0.756. The first-order chi connectivity index (χ1) is 9.74. The van der Waals surface area contributed by atoms with Crippen molar-refractivity contribution in [1.29, 1.82) is 0 Å². The van der Waals surface area contributed by atoms with E-state index in [0.717, 1.165) is 11.3 Å². The maximum Gasteiger partial charge on any atom is 0.253 e. The molecule has 0 radical (unpaired) electrons. The van der Waals surface area contributed by atoms with E-state index in [9.17, 15) is 4.79 Å². The third-order valence-corrected chi connectivity index (χ3v) is 2.85. The number of carbonyl (C=O) groups is 1. The molecule has 0 saturated carbocycles. The fourth-order valence-corrected chi connectivity index (χ4v) is 1.95. The lowest BCUT2D eigenvalue weighted by Crippen LogP contribution is -2.26. The molecule has 6 nitrogen and oxygen atoms in total. The number of nitrogens with zero attached hydrogens (tertiary/aromatic N) is 1. The van der Waals surface area contributed by atoms with Gasteiger partial charge in [0.1, 0.15) is 11.8 Å². The molecule has 1 atom stereocenters. The van der Waals surface area contributed by atoms with Gasteiger partial charge in [-0.1, -0.05) is 12.1 Å². The number of guanidine groups is 1. The number of rotatable bonds is 6. The van der Waals surface area contributed by atoms with Gasteiger partial charge in [-0.15, -0.1) is 0 Å². The van der Waals surface area contributed by atoms with Crippen molar-refractivity contribution < 1.29 is 14.3 Å². The van der Waals surface area contributed by atoms with E-state index in [1.165, 1.54) is 0 Å². The molecule has 2 N–H and O–H groups in total. The van der Waals surface area contributed by atoms with Gasteiger partial charge in [-0.05, 0) is 24.6 Å². The average Bonchev–Trinajstić information content (AvgIpc) is 2.81. The Kier molecular flexibility index (Phi) is 4.95. The lowest BCUT2D eigenvalue weighted by atomic mass is 10.1. The van der Waals surface area contributed by atoms with Crippen molar-refractivity contribution in [3.8, 4) is 5.75 Å². The standard InChI is InChI=1S/C14H19N3O3/c1-3-20-11-6-4-5-10(9-11)12-13(18)17-14(16-12)15-7-8-19-2/h4-6,9,12H,3,7-8H2,1-2H3,(H2,15,16,17,18). The van der Waals surface area contributed by atoms with E-state index in [0.29, 0.717) is 25.7 Å². The van der Waals surface area contributed by atoms with Crippen LogP contribution >= 0.6 is 0 Å². The highest BCUT2D eigenvalue weighted by atomic mass is 16.5. The predicted molar refractivity (Wildman–Crippen MR) is 75.8 cm³/mol. The number of hydrogen-bond donors (Lipinski definition) is 2. The summed E-state index contributed by atoms with van der Waals surface area (Å²) in [4.78, 5) is 16.2. The summed E-state index contributed by atoms with van der Waals surface area (Å²) in [5.74, 6) is 1.12. The Morgan fingerprint density at radius 2 is 2.25 bits per heavy atom. The summed E-state index contributed by atoms with van der Waals surface area (Å²) < 4.78 is 10.4. The molecular formula is C14H19N3O3. The Morgan fingerprint density at radius 1 is 1.40 bits per heavy atom. The molecule has 1 aromatic carbocycles. The van der Waals surface area contributed by atoms with Gasteiger partial charge in [-0.3, -0.25) is 15.1 Å². The molecule has 1 aliphatic rings. The van der Waals surface area contributed by atoms with E-state index < -0.39 is 6.04 Å². The molecule has 0 bridgehead atoms. The van der Waals surface area contributed by atoms with Crippen LogP contribution in [0.5, 0.6) is 5.75 Å². The fraction of sp³-hybridized carbons (Fsp3) is 0.429. The minimum absolute atomic E-state index is 0.116. The topological polar surface area (TPSA) is 71.9 Å². The molecule has 20 heavy (non-hydrogen) atoms. The van der Waals surface area contributed by atoms with E-state index in [1.54, 1.807) is 7.11 Å². The number of aliphatic imine (C=N–C) groups is 1. The van der Waals surface area contributed by atoms with Crippen molar-refractivity contribution in [2.24, 2.45) is 4.99 Å². The molecule has 1 fully saturated rings. The summed E-state index contributed by atoms with van der Waals surface area (Å²) in [6, 6.07) is 7.05. The Labute approximate surface area is 118 Å². The Bertz CT molecular complexity index is 502. The zero-order valence-electron chi connectivity index (χ0n) is 11.7. The van der Waals surface area contributed by atoms with Crippen LogP contribution in [0.25, 0.3) is 0 Å². The van der Waals surface area contributed by atoms with Crippen molar-refractivity contribution in [2.75, 3.05) is 26.9 Å². The van der Waals surface area contributed by atoms with Crippen LogP contribution in [0.2, 0.25) is 0 Å². The molecule has 1 aliphatic heterocycles. The van der Waals surface area contributed by atoms with Crippen LogP contribution in [0.3, 0.4) is 0 Å². The third kappa shape index (κ3) is 3.48. The maximum atomic E-state index is 12.0. The van der Waals surface area contributed by atoms with Crippen molar-refractivity contribution in [3.05, 3.63) is 29.8 Å². The highest BCUT2D eigenvalue weighted by Crippen LogP contribution is 2.21. The Morgan fingerprint density at radius 3 is 3.00 bits per heavy atom. The molecule has 1 unspecified atom stereocenters. The van der Waals surface area contributed by atoms with E-state index in [2.05, 4.69) is 15.6 Å². The molecule has 6 heteroatoms. The summed E-state index contributed by atoms with van der Waals surface area (Å²) in [6.45, 7) is 3.54. The van der Waals surface area contributed by atoms with Crippen molar-refractivity contribution >= 4 is 11.9 Å². The number of nitrogens with one attached hydrogen (secondary N) is 2. The number of methoxy groups -OCH3 is 1. The Hall–Kier alpha value is -2.08. The van der Waals surface area contributed by atoms with Gasteiger partial charge in [-0.25, -0.2) is 0 Å². The SMILES string of the molecule is CCOc1cccc(C2NC(=NCCOC)NC2=O)c1. The lowest BCUT2D eigenvalue weighted by Gasteiger charge is -2.10. The lowest BCUT2D eigenvalue weighted by molar-refractivity contribution is -0.120. The second-order valence-electron chi connectivity index (χ2n) is 4.30. The van der Waals surface area contributed by atoms with Crippen LogP contribution in [0.1, 0.15) is 18.5 Å². The second-order valence-corrected chi connectivity index (χ2v) is 4.30. The normalized spacial score (nSPS) is 19.8. The monoisotopic (exact) mass is 277 g/mol. The van der Waals surface area contributed by atoms with Crippen LogP contribution in [0, 0.1) is 0 Å². The summed E-state index contributed by atoms with van der Waals surface area (Å²) in [6.07, 6.45) is 0. The molecule has 0 aliphatic carbocycles. The van der Waals surface area contributed by atoms with Gasteiger partial charge in [0.15, 0.2) is 5.96 Å². The summed E-state index contributed by atoms with van der Waals surface area (Å²) in [5.41, 5.74) is 0.852. The Balaban J connectivity index is 2.07. The molecule has 1 aromatic rings. The third-order valence-electron chi connectivity index (χ3n) is 2.85. The molecule has 1 amide bonds. The van der Waals surface area contributed by atoms with Crippen LogP contribution in [0.4, 0.5) is 0 Å². The molecule has 0 spiro atoms. The van der Waals surface area contributed by atoms with Gasteiger partial charge in [0.25, 0.3) is 5.91 Å². The zero-order valence-corrected chi connectivity index (χ0v) is 11.7. The first kappa shape index (κ1) is 14.3. The van der Waals surface area contributed by atoms with Gasteiger partial charge in [0.05, 0.1) is 19.8 Å². The molecular weight excluding hydrogens is 258 g/mol. The highest BCUT2D eigenvalue weighted by molar-refractivity contribution is 6.06. The minimum atomic E-state index is -0.434. The van der Waals surface area contributed by atoms with Crippen LogP contribution < -0.4 is 15.4 Å². The van der Waals surface area contributed by atoms with Gasteiger partial charge in [0, 0.05) is 7.11 Å². The summed E-state index contributed by atoms with van der Waals surface area (Å²) >= 11 is 0. The zero-order chi connectivity index (χ0) is 14.4. The first-order valence-electron chi connectivity index (χ1n) is 6.58. The van der Waals surface area contributed by atoms with Crippen molar-refractivity contribution in [1.82, 2.24) is 10.6 Å². The van der Waals surface area contributed by atoms with Crippen LogP contribution in [-0.4, -0.2) is 38.7 Å². The predicted octanol–water partition coefficient (Wildman–Crippen LogP) is 0.848. The van der Waals surface area contributed by atoms with Gasteiger partial charge in [0.2, 0.25) is 0 Å². The number of ether oxygens (including phenoxy) is 2.